The van der Waals surface area contributed by atoms with Gasteiger partial charge < -0.3 is 9.63 Å². The molecule has 0 spiro atoms. The number of aliphatic hydroxyl groups is 1. The Morgan fingerprint density at radius 2 is 2.22 bits per heavy atom. The Hall–Kier alpha value is -1.29. The Morgan fingerprint density at radius 1 is 1.48 bits per heavy atom. The molecule has 1 aliphatic rings. The van der Waals surface area contributed by atoms with Gasteiger partial charge in [0.05, 0.1) is 11.4 Å². The Labute approximate surface area is 139 Å². The summed E-state index contributed by atoms with van der Waals surface area (Å²) in [4.78, 5) is 6.15. The number of aromatic nitrogens is 2. The molecule has 0 saturated carbocycles. The van der Waals surface area contributed by atoms with Gasteiger partial charge in [0.25, 0.3) is 5.89 Å². The van der Waals surface area contributed by atoms with Crippen molar-refractivity contribution in [3.8, 4) is 0 Å². The summed E-state index contributed by atoms with van der Waals surface area (Å²) in [5.41, 5.74) is -1.42. The van der Waals surface area contributed by atoms with Crippen LogP contribution in [0.5, 0.6) is 0 Å². The van der Waals surface area contributed by atoms with Crippen LogP contribution in [-0.4, -0.2) is 41.1 Å². The number of thiophene rings is 1. The largest absolute Gasteiger partial charge is 0.379 e. The Kier molecular flexibility index (Phi) is 4.07. The maximum atomic E-state index is 12.8. The first-order chi connectivity index (χ1) is 10.8. The van der Waals surface area contributed by atoms with E-state index >= 15 is 0 Å². The summed E-state index contributed by atoms with van der Waals surface area (Å²) in [5, 5.41) is 14.5. The second-order valence-corrected chi connectivity index (χ2v) is 9.13. The fourth-order valence-electron chi connectivity index (χ4n) is 2.73. The minimum absolute atomic E-state index is 0.0744. The van der Waals surface area contributed by atoms with E-state index in [1.807, 2.05) is 13.8 Å². The van der Waals surface area contributed by atoms with Crippen molar-refractivity contribution in [2.24, 2.45) is 0 Å². The van der Waals surface area contributed by atoms with Crippen LogP contribution in [-0.2, 0) is 22.0 Å². The van der Waals surface area contributed by atoms with Gasteiger partial charge in [0.2, 0.25) is 10.0 Å². The maximum absolute atomic E-state index is 12.8. The number of hydrogen-bond acceptors (Lipinski definition) is 7. The number of β-amino-alcohol motifs (C(OH)–C–C–N with tert-alkyl or cyclic N) is 1. The van der Waals surface area contributed by atoms with E-state index in [1.54, 1.807) is 13.0 Å². The maximum Gasteiger partial charge on any atom is 0.260 e. The SMILES string of the molecule is CCc1noc([C@@]2(O)CCN(S(=O)(=O)c3cc(C)sc3C)C2)n1. The Morgan fingerprint density at radius 3 is 2.78 bits per heavy atom. The van der Waals surface area contributed by atoms with E-state index in [2.05, 4.69) is 10.1 Å². The summed E-state index contributed by atoms with van der Waals surface area (Å²) in [7, 11) is -3.63. The molecular formula is C14H19N3O4S2. The molecule has 3 rings (SSSR count). The van der Waals surface area contributed by atoms with Crippen LogP contribution in [0.1, 0.15) is 34.8 Å². The van der Waals surface area contributed by atoms with Gasteiger partial charge in [0.1, 0.15) is 0 Å². The predicted molar refractivity (Wildman–Crippen MR) is 84.7 cm³/mol. The molecule has 1 aliphatic heterocycles. The van der Waals surface area contributed by atoms with Crippen molar-refractivity contribution in [2.45, 2.75) is 44.1 Å². The quantitative estimate of drug-likeness (QED) is 0.893. The van der Waals surface area contributed by atoms with E-state index < -0.39 is 15.6 Å². The molecule has 23 heavy (non-hydrogen) atoms. The molecule has 126 valence electrons. The highest BCUT2D eigenvalue weighted by molar-refractivity contribution is 7.89. The van der Waals surface area contributed by atoms with Gasteiger partial charge in [-0.15, -0.1) is 11.3 Å². The van der Waals surface area contributed by atoms with Gasteiger partial charge in [0.15, 0.2) is 11.4 Å². The molecule has 0 unspecified atom stereocenters. The molecule has 0 bridgehead atoms. The normalized spacial score (nSPS) is 22.8. The van der Waals surface area contributed by atoms with E-state index in [9.17, 15) is 13.5 Å². The zero-order valence-electron chi connectivity index (χ0n) is 13.2. The highest BCUT2D eigenvalue weighted by atomic mass is 32.2. The monoisotopic (exact) mass is 357 g/mol. The summed E-state index contributed by atoms with van der Waals surface area (Å²) in [6.45, 7) is 5.69. The van der Waals surface area contributed by atoms with Crippen LogP contribution in [0.4, 0.5) is 0 Å². The van der Waals surface area contributed by atoms with Crippen molar-refractivity contribution in [3.05, 3.63) is 27.5 Å². The summed E-state index contributed by atoms with van der Waals surface area (Å²) in [6.07, 6.45) is 0.828. The molecule has 0 aliphatic carbocycles. The highest BCUT2D eigenvalue weighted by Crippen LogP contribution is 2.36. The molecule has 9 heteroatoms. The molecule has 7 nitrogen and oxygen atoms in total. The number of nitrogens with zero attached hydrogens (tertiary/aromatic N) is 3. The van der Waals surface area contributed by atoms with Crippen LogP contribution in [0.2, 0.25) is 0 Å². The Balaban J connectivity index is 1.88. The van der Waals surface area contributed by atoms with Crippen molar-refractivity contribution >= 4 is 21.4 Å². The van der Waals surface area contributed by atoms with Crippen LogP contribution in [0.25, 0.3) is 0 Å². The molecule has 1 saturated heterocycles. The molecule has 3 heterocycles. The molecule has 1 fully saturated rings. The standard InChI is InChI=1S/C14H19N3O4S2/c1-4-12-15-13(21-16-12)14(18)5-6-17(8-14)23(19,20)11-7-9(2)22-10(11)3/h7,18H,4-6,8H2,1-3H3/t14-/m1/s1. The third kappa shape index (κ3) is 2.82. The molecule has 0 amide bonds. The minimum atomic E-state index is -3.63. The summed E-state index contributed by atoms with van der Waals surface area (Å²) < 4.78 is 32.0. The van der Waals surface area contributed by atoms with Crippen molar-refractivity contribution in [1.29, 1.82) is 0 Å². The van der Waals surface area contributed by atoms with Crippen molar-refractivity contribution in [2.75, 3.05) is 13.1 Å². The van der Waals surface area contributed by atoms with Gasteiger partial charge in [0, 0.05) is 29.1 Å². The lowest BCUT2D eigenvalue weighted by molar-refractivity contribution is 0.0194. The molecule has 2 aromatic rings. The summed E-state index contributed by atoms with van der Waals surface area (Å²) in [5.74, 6) is 0.587. The highest BCUT2D eigenvalue weighted by Gasteiger charge is 2.47. The van der Waals surface area contributed by atoms with E-state index in [4.69, 9.17) is 4.52 Å². The zero-order chi connectivity index (χ0) is 16.8. The first-order valence-corrected chi connectivity index (χ1v) is 9.64. The van der Waals surface area contributed by atoms with Gasteiger partial charge in [-0.3, -0.25) is 0 Å². The topological polar surface area (TPSA) is 96.5 Å². The van der Waals surface area contributed by atoms with Crippen LogP contribution in [0.3, 0.4) is 0 Å². The molecule has 0 aromatic carbocycles. The van der Waals surface area contributed by atoms with Gasteiger partial charge in [-0.2, -0.15) is 9.29 Å². The van der Waals surface area contributed by atoms with Crippen LogP contribution in [0.15, 0.2) is 15.5 Å². The lowest BCUT2D eigenvalue weighted by atomic mass is 10.0. The van der Waals surface area contributed by atoms with Crippen molar-refractivity contribution in [1.82, 2.24) is 14.4 Å². The lowest BCUT2D eigenvalue weighted by Gasteiger charge is -2.19. The van der Waals surface area contributed by atoms with E-state index in [-0.39, 0.29) is 25.4 Å². The average Bonchev–Trinajstić information content (AvgIpc) is 3.18. The molecule has 0 radical (unpaired) electrons. The van der Waals surface area contributed by atoms with Gasteiger partial charge in [-0.1, -0.05) is 12.1 Å². The average molecular weight is 357 g/mol. The molecule has 1 atom stereocenters. The van der Waals surface area contributed by atoms with E-state index in [1.165, 1.54) is 15.6 Å². The van der Waals surface area contributed by atoms with Gasteiger partial charge in [-0.05, 0) is 19.9 Å². The zero-order valence-corrected chi connectivity index (χ0v) is 14.9. The van der Waals surface area contributed by atoms with Crippen LogP contribution < -0.4 is 0 Å². The molecule has 2 aromatic heterocycles. The minimum Gasteiger partial charge on any atom is -0.379 e. The van der Waals surface area contributed by atoms with E-state index in [0.717, 1.165) is 9.75 Å². The second-order valence-electron chi connectivity index (χ2n) is 5.77. The summed E-state index contributed by atoms with van der Waals surface area (Å²) >= 11 is 1.45. The van der Waals surface area contributed by atoms with E-state index in [0.29, 0.717) is 17.1 Å². The van der Waals surface area contributed by atoms with Crippen LogP contribution >= 0.6 is 11.3 Å². The van der Waals surface area contributed by atoms with Crippen molar-refractivity contribution in [3.63, 3.8) is 0 Å². The molecular weight excluding hydrogens is 338 g/mol. The lowest BCUT2D eigenvalue weighted by Crippen LogP contribution is -2.34. The number of hydrogen-bond donors (Lipinski definition) is 1. The fourth-order valence-corrected chi connectivity index (χ4v) is 5.75. The second kappa shape index (κ2) is 5.66. The summed E-state index contributed by atoms with van der Waals surface area (Å²) in [6, 6.07) is 1.68. The molecule has 1 N–H and O–H groups in total. The number of aryl methyl sites for hydroxylation is 3. The van der Waals surface area contributed by atoms with Crippen LogP contribution in [0, 0.1) is 13.8 Å². The third-order valence-electron chi connectivity index (χ3n) is 4.01. The predicted octanol–water partition coefficient (Wildman–Crippen LogP) is 1.59. The first-order valence-electron chi connectivity index (χ1n) is 7.39. The number of sulfonamides is 1. The number of rotatable bonds is 4. The van der Waals surface area contributed by atoms with Gasteiger partial charge in [-0.25, -0.2) is 8.42 Å². The third-order valence-corrected chi connectivity index (χ3v) is 7.07. The smallest absolute Gasteiger partial charge is 0.260 e. The first kappa shape index (κ1) is 16.6. The fraction of sp³-hybridized carbons (Fsp3) is 0.571. The van der Waals surface area contributed by atoms with Gasteiger partial charge >= 0.3 is 0 Å². The van der Waals surface area contributed by atoms with Crippen molar-refractivity contribution < 1.29 is 18.0 Å². The Bertz CT molecular complexity index is 827.